The molecule has 0 amide bonds. The quantitative estimate of drug-likeness (QED) is 0.597. The lowest BCUT2D eigenvalue weighted by Crippen LogP contribution is -1.91. The molecule has 0 N–H and O–H groups in total. The SMILES string of the molecule is C1=CCc2c(sc3c2C=CCC3)C=C1. The molecule has 0 fully saturated rings. The minimum absolute atomic E-state index is 1.10. The molecule has 0 aliphatic heterocycles. The van der Waals surface area contributed by atoms with Crippen molar-refractivity contribution in [1.82, 2.24) is 0 Å². The summed E-state index contributed by atoms with van der Waals surface area (Å²) in [7, 11) is 0. The highest BCUT2D eigenvalue weighted by atomic mass is 32.1. The topological polar surface area (TPSA) is 0 Å². The smallest absolute Gasteiger partial charge is 0.0314 e. The molecule has 0 bridgehead atoms. The van der Waals surface area contributed by atoms with E-state index in [1.807, 2.05) is 11.3 Å². The third-order valence-corrected chi connectivity index (χ3v) is 4.07. The number of rotatable bonds is 0. The first-order valence-corrected chi connectivity index (χ1v) is 5.91. The maximum atomic E-state index is 2.31. The van der Waals surface area contributed by atoms with Crippen LogP contribution < -0.4 is 0 Å². The Labute approximate surface area is 88.3 Å². The van der Waals surface area contributed by atoms with Gasteiger partial charge in [0.15, 0.2) is 0 Å². The normalized spacial score (nSPS) is 17.7. The summed E-state index contributed by atoms with van der Waals surface area (Å²) in [4.78, 5) is 3.05. The van der Waals surface area contributed by atoms with Gasteiger partial charge in [0.1, 0.15) is 0 Å². The Bertz CT molecular complexity index is 444. The van der Waals surface area contributed by atoms with Gasteiger partial charge in [0.25, 0.3) is 0 Å². The van der Waals surface area contributed by atoms with Crippen LogP contribution >= 0.6 is 11.3 Å². The molecule has 0 radical (unpaired) electrons. The van der Waals surface area contributed by atoms with Crippen molar-refractivity contribution in [2.45, 2.75) is 19.3 Å². The van der Waals surface area contributed by atoms with Crippen molar-refractivity contribution >= 4 is 23.5 Å². The van der Waals surface area contributed by atoms with Crippen molar-refractivity contribution in [2.24, 2.45) is 0 Å². The second kappa shape index (κ2) is 3.25. The molecule has 3 rings (SSSR count). The molecule has 0 atom stereocenters. The highest BCUT2D eigenvalue weighted by Crippen LogP contribution is 2.35. The Morgan fingerprint density at radius 1 is 1.07 bits per heavy atom. The van der Waals surface area contributed by atoms with E-state index in [2.05, 4.69) is 36.5 Å². The van der Waals surface area contributed by atoms with E-state index in [1.165, 1.54) is 28.8 Å². The van der Waals surface area contributed by atoms with E-state index in [0.29, 0.717) is 0 Å². The summed E-state index contributed by atoms with van der Waals surface area (Å²) in [6, 6.07) is 0. The molecule has 0 aromatic carbocycles. The van der Waals surface area contributed by atoms with Crippen molar-refractivity contribution < 1.29 is 0 Å². The summed E-state index contributed by atoms with van der Waals surface area (Å²) < 4.78 is 0. The molecule has 1 heteroatoms. The van der Waals surface area contributed by atoms with Crippen LogP contribution in [0.15, 0.2) is 24.3 Å². The van der Waals surface area contributed by atoms with E-state index in [4.69, 9.17) is 0 Å². The summed E-state index contributed by atoms with van der Waals surface area (Å²) >= 11 is 1.97. The molecule has 0 spiro atoms. The molecule has 2 aliphatic rings. The van der Waals surface area contributed by atoms with Gasteiger partial charge in [-0.25, -0.2) is 0 Å². The average Bonchev–Trinajstić information content (AvgIpc) is 2.42. The lowest BCUT2D eigenvalue weighted by Gasteiger charge is -2.05. The van der Waals surface area contributed by atoms with E-state index in [9.17, 15) is 0 Å². The molecule has 0 saturated heterocycles. The lowest BCUT2D eigenvalue weighted by molar-refractivity contribution is 1.01. The van der Waals surface area contributed by atoms with Crippen molar-refractivity contribution in [2.75, 3.05) is 0 Å². The zero-order valence-electron chi connectivity index (χ0n) is 7.99. The van der Waals surface area contributed by atoms with Crippen LogP contribution in [0.3, 0.4) is 0 Å². The van der Waals surface area contributed by atoms with E-state index in [0.717, 1.165) is 6.42 Å². The molecule has 0 nitrogen and oxygen atoms in total. The van der Waals surface area contributed by atoms with E-state index < -0.39 is 0 Å². The highest BCUT2D eigenvalue weighted by molar-refractivity contribution is 7.13. The Hall–Kier alpha value is -1.08. The molecule has 0 unspecified atom stereocenters. The predicted molar refractivity (Wildman–Crippen MR) is 63.6 cm³/mol. The molecule has 1 aromatic rings. The molecule has 1 heterocycles. The first-order valence-electron chi connectivity index (χ1n) is 5.09. The third kappa shape index (κ3) is 1.20. The molecular formula is C13H12S. The third-order valence-electron chi connectivity index (χ3n) is 2.80. The molecule has 1 aromatic heterocycles. The van der Waals surface area contributed by atoms with Crippen LogP contribution in [0.25, 0.3) is 12.2 Å². The lowest BCUT2D eigenvalue weighted by atomic mass is 9.99. The maximum Gasteiger partial charge on any atom is 0.0314 e. The summed E-state index contributed by atoms with van der Waals surface area (Å²) in [5, 5.41) is 0. The van der Waals surface area contributed by atoms with Crippen molar-refractivity contribution in [3.63, 3.8) is 0 Å². The zero-order valence-corrected chi connectivity index (χ0v) is 8.81. The minimum Gasteiger partial charge on any atom is -0.140 e. The van der Waals surface area contributed by atoms with Crippen LogP contribution in [0.4, 0.5) is 0 Å². The van der Waals surface area contributed by atoms with Gasteiger partial charge < -0.3 is 0 Å². The Kier molecular flexibility index (Phi) is 1.91. The number of thiophene rings is 1. The molecule has 0 saturated carbocycles. The monoisotopic (exact) mass is 200 g/mol. The molecular weight excluding hydrogens is 188 g/mol. The largest absolute Gasteiger partial charge is 0.140 e. The summed E-state index contributed by atoms with van der Waals surface area (Å²) in [6.07, 6.45) is 16.9. The highest BCUT2D eigenvalue weighted by Gasteiger charge is 2.15. The molecule has 14 heavy (non-hydrogen) atoms. The summed E-state index contributed by atoms with van der Waals surface area (Å²) in [5.41, 5.74) is 3.04. The van der Waals surface area contributed by atoms with Gasteiger partial charge in [0.2, 0.25) is 0 Å². The van der Waals surface area contributed by atoms with E-state index in [1.54, 1.807) is 4.88 Å². The van der Waals surface area contributed by atoms with E-state index in [-0.39, 0.29) is 0 Å². The second-order valence-electron chi connectivity index (χ2n) is 3.71. The van der Waals surface area contributed by atoms with Gasteiger partial charge >= 0.3 is 0 Å². The van der Waals surface area contributed by atoms with Gasteiger partial charge in [-0.05, 0) is 36.5 Å². The first kappa shape index (κ1) is 8.25. The number of allylic oxidation sites excluding steroid dienone is 4. The van der Waals surface area contributed by atoms with Crippen molar-refractivity contribution in [1.29, 1.82) is 0 Å². The van der Waals surface area contributed by atoms with Gasteiger partial charge in [-0.2, -0.15) is 0 Å². The zero-order chi connectivity index (χ0) is 9.38. The summed E-state index contributed by atoms with van der Waals surface area (Å²) in [6.45, 7) is 0. The van der Waals surface area contributed by atoms with Crippen LogP contribution in [0.2, 0.25) is 0 Å². The average molecular weight is 200 g/mol. The second-order valence-corrected chi connectivity index (χ2v) is 4.85. The van der Waals surface area contributed by atoms with Crippen LogP contribution in [0, 0.1) is 0 Å². The van der Waals surface area contributed by atoms with Gasteiger partial charge in [0, 0.05) is 9.75 Å². The molecule has 70 valence electrons. The summed E-state index contributed by atoms with van der Waals surface area (Å²) in [5.74, 6) is 0. The van der Waals surface area contributed by atoms with Crippen molar-refractivity contribution in [3.8, 4) is 0 Å². The number of hydrogen-bond donors (Lipinski definition) is 0. The van der Waals surface area contributed by atoms with E-state index >= 15 is 0 Å². The molecule has 2 aliphatic carbocycles. The number of fused-ring (bicyclic) bond motifs is 3. The number of aryl methyl sites for hydroxylation is 1. The van der Waals surface area contributed by atoms with Crippen LogP contribution in [0.5, 0.6) is 0 Å². The van der Waals surface area contributed by atoms with Crippen LogP contribution in [-0.4, -0.2) is 0 Å². The first-order chi connectivity index (χ1) is 6.95. The maximum absolute atomic E-state index is 2.31. The minimum atomic E-state index is 1.10. The Morgan fingerprint density at radius 3 is 3.07 bits per heavy atom. The van der Waals surface area contributed by atoms with Crippen LogP contribution in [-0.2, 0) is 12.8 Å². The Balaban J connectivity index is 2.20. The predicted octanol–water partition coefficient (Wildman–Crippen LogP) is 3.83. The fourth-order valence-corrected chi connectivity index (χ4v) is 3.35. The van der Waals surface area contributed by atoms with Gasteiger partial charge in [-0.15, -0.1) is 11.3 Å². The van der Waals surface area contributed by atoms with Gasteiger partial charge in [-0.3, -0.25) is 0 Å². The Morgan fingerprint density at radius 2 is 2.07 bits per heavy atom. The fraction of sp³-hybridized carbons (Fsp3) is 0.231. The van der Waals surface area contributed by atoms with Crippen LogP contribution in [0.1, 0.15) is 27.3 Å². The van der Waals surface area contributed by atoms with Gasteiger partial charge in [0.05, 0.1) is 0 Å². The van der Waals surface area contributed by atoms with Gasteiger partial charge in [-0.1, -0.05) is 30.4 Å². The number of hydrogen-bond acceptors (Lipinski definition) is 1. The standard InChI is InChI=1S/C13H12S/c1-2-6-10-11-7-4-5-9-13(11)14-12(10)8-3-1/h1-4,7-8H,5-6,9H2. The van der Waals surface area contributed by atoms with Crippen molar-refractivity contribution in [3.05, 3.63) is 45.2 Å². The fourth-order valence-electron chi connectivity index (χ4n) is 2.10.